The van der Waals surface area contributed by atoms with Gasteiger partial charge in [-0.1, -0.05) is 44.7 Å². The van der Waals surface area contributed by atoms with Crippen molar-refractivity contribution in [1.82, 2.24) is 0 Å². The molecule has 1 aromatic carbocycles. The van der Waals surface area contributed by atoms with E-state index in [1.807, 2.05) is 25.1 Å². The minimum Gasteiger partial charge on any atom is -0.496 e. The van der Waals surface area contributed by atoms with Crippen molar-refractivity contribution in [2.75, 3.05) is 7.11 Å². The highest BCUT2D eigenvalue weighted by Gasteiger charge is 2.30. The molecule has 2 heteroatoms. The summed E-state index contributed by atoms with van der Waals surface area (Å²) in [4.78, 5) is 0. The summed E-state index contributed by atoms with van der Waals surface area (Å²) < 4.78 is 5.37. The maximum atomic E-state index is 10.7. The quantitative estimate of drug-likeness (QED) is 0.878. The molecule has 0 aromatic heterocycles. The van der Waals surface area contributed by atoms with Crippen LogP contribution >= 0.6 is 0 Å². The lowest BCUT2D eigenvalue weighted by atomic mass is 9.73. The molecule has 1 fully saturated rings. The molecule has 19 heavy (non-hydrogen) atoms. The zero-order valence-corrected chi connectivity index (χ0v) is 12.4. The average molecular weight is 262 g/mol. The van der Waals surface area contributed by atoms with Gasteiger partial charge in [-0.05, 0) is 42.4 Å². The minimum atomic E-state index is -0.347. The predicted molar refractivity (Wildman–Crippen MR) is 78.4 cm³/mol. The standard InChI is InChI=1S/C17H26O2/c1-4-13-7-5-6-8-15(13)17(18)14-10-9-12(2)16(11-14)19-3/h9-11,13,15,17-18H,4-8H2,1-3H3. The van der Waals surface area contributed by atoms with Crippen LogP contribution in [0.4, 0.5) is 0 Å². The molecule has 1 saturated carbocycles. The molecular formula is C17H26O2. The largest absolute Gasteiger partial charge is 0.496 e. The maximum Gasteiger partial charge on any atom is 0.122 e. The van der Waals surface area contributed by atoms with E-state index in [1.165, 1.54) is 25.7 Å². The Labute approximate surface area is 116 Å². The zero-order valence-electron chi connectivity index (χ0n) is 12.4. The van der Waals surface area contributed by atoms with Gasteiger partial charge in [0, 0.05) is 0 Å². The molecule has 1 aliphatic carbocycles. The number of rotatable bonds is 4. The van der Waals surface area contributed by atoms with Crippen LogP contribution in [0.2, 0.25) is 0 Å². The molecule has 1 N–H and O–H groups in total. The summed E-state index contributed by atoms with van der Waals surface area (Å²) >= 11 is 0. The Hall–Kier alpha value is -1.02. The molecule has 0 amide bonds. The van der Waals surface area contributed by atoms with Gasteiger partial charge in [0.1, 0.15) is 5.75 Å². The zero-order chi connectivity index (χ0) is 13.8. The smallest absolute Gasteiger partial charge is 0.122 e. The van der Waals surface area contributed by atoms with Crippen molar-refractivity contribution >= 4 is 0 Å². The molecule has 3 unspecified atom stereocenters. The third kappa shape index (κ3) is 3.11. The molecule has 2 rings (SSSR count). The van der Waals surface area contributed by atoms with Crippen LogP contribution in [0.1, 0.15) is 56.3 Å². The molecule has 106 valence electrons. The average Bonchev–Trinajstić information content (AvgIpc) is 2.47. The predicted octanol–water partition coefficient (Wildman–Crippen LogP) is 4.25. The first-order valence-corrected chi connectivity index (χ1v) is 7.50. The van der Waals surface area contributed by atoms with Crippen LogP contribution in [0.25, 0.3) is 0 Å². The molecule has 0 radical (unpaired) electrons. The van der Waals surface area contributed by atoms with Crippen molar-refractivity contribution in [3.05, 3.63) is 29.3 Å². The SMILES string of the molecule is CCC1CCCCC1C(O)c1ccc(C)c(OC)c1. The van der Waals surface area contributed by atoms with Crippen molar-refractivity contribution in [1.29, 1.82) is 0 Å². The van der Waals surface area contributed by atoms with Crippen LogP contribution in [0.3, 0.4) is 0 Å². The van der Waals surface area contributed by atoms with Gasteiger partial charge < -0.3 is 9.84 Å². The van der Waals surface area contributed by atoms with Crippen molar-refractivity contribution < 1.29 is 9.84 Å². The van der Waals surface area contributed by atoms with Crippen LogP contribution in [0.15, 0.2) is 18.2 Å². The normalized spacial score (nSPS) is 25.1. The number of ether oxygens (including phenoxy) is 1. The molecule has 0 aliphatic heterocycles. The molecule has 0 bridgehead atoms. The molecule has 3 atom stereocenters. The lowest BCUT2D eigenvalue weighted by Crippen LogP contribution is -2.25. The highest BCUT2D eigenvalue weighted by Crippen LogP contribution is 2.40. The molecule has 1 aliphatic rings. The second-order valence-corrected chi connectivity index (χ2v) is 5.79. The van der Waals surface area contributed by atoms with Gasteiger partial charge in [0.05, 0.1) is 13.2 Å². The number of hydrogen-bond acceptors (Lipinski definition) is 2. The van der Waals surface area contributed by atoms with Crippen LogP contribution in [-0.2, 0) is 0 Å². The van der Waals surface area contributed by atoms with Crippen molar-refractivity contribution in [3.63, 3.8) is 0 Å². The Morgan fingerprint density at radius 2 is 2.05 bits per heavy atom. The van der Waals surface area contributed by atoms with E-state index >= 15 is 0 Å². The second kappa shape index (κ2) is 6.42. The van der Waals surface area contributed by atoms with Gasteiger partial charge in [-0.2, -0.15) is 0 Å². The fraction of sp³-hybridized carbons (Fsp3) is 0.647. The Bertz CT molecular complexity index is 414. The van der Waals surface area contributed by atoms with Crippen LogP contribution in [0, 0.1) is 18.8 Å². The number of methoxy groups -OCH3 is 1. The van der Waals surface area contributed by atoms with Gasteiger partial charge >= 0.3 is 0 Å². The fourth-order valence-corrected chi connectivity index (χ4v) is 3.43. The summed E-state index contributed by atoms with van der Waals surface area (Å²) in [5.41, 5.74) is 2.13. The van der Waals surface area contributed by atoms with E-state index < -0.39 is 0 Å². The topological polar surface area (TPSA) is 29.5 Å². The third-order valence-electron chi connectivity index (χ3n) is 4.67. The van der Waals surface area contributed by atoms with Gasteiger partial charge in [-0.3, -0.25) is 0 Å². The monoisotopic (exact) mass is 262 g/mol. The van der Waals surface area contributed by atoms with E-state index in [4.69, 9.17) is 4.74 Å². The Balaban J connectivity index is 2.20. The number of benzene rings is 1. The lowest BCUT2D eigenvalue weighted by Gasteiger charge is -2.34. The minimum absolute atomic E-state index is 0.347. The molecular weight excluding hydrogens is 236 g/mol. The summed E-state index contributed by atoms with van der Waals surface area (Å²) in [5, 5.41) is 10.7. The van der Waals surface area contributed by atoms with Gasteiger partial charge in [-0.15, -0.1) is 0 Å². The van der Waals surface area contributed by atoms with Crippen LogP contribution < -0.4 is 4.74 Å². The lowest BCUT2D eigenvalue weighted by molar-refractivity contribution is 0.0450. The first-order valence-electron chi connectivity index (χ1n) is 7.50. The van der Waals surface area contributed by atoms with Gasteiger partial charge in [-0.25, -0.2) is 0 Å². The third-order valence-corrected chi connectivity index (χ3v) is 4.67. The van der Waals surface area contributed by atoms with Crippen molar-refractivity contribution in [3.8, 4) is 5.75 Å². The first kappa shape index (κ1) is 14.4. The van der Waals surface area contributed by atoms with Crippen molar-refractivity contribution in [2.24, 2.45) is 11.8 Å². The summed E-state index contributed by atoms with van der Waals surface area (Å²) in [5.74, 6) is 1.95. The number of aliphatic hydroxyl groups is 1. The Morgan fingerprint density at radius 3 is 2.74 bits per heavy atom. The molecule has 0 saturated heterocycles. The van der Waals surface area contributed by atoms with E-state index in [1.54, 1.807) is 7.11 Å². The highest BCUT2D eigenvalue weighted by molar-refractivity contribution is 5.37. The summed E-state index contributed by atoms with van der Waals surface area (Å²) in [7, 11) is 1.69. The maximum absolute atomic E-state index is 10.7. The highest BCUT2D eigenvalue weighted by atomic mass is 16.5. The van der Waals surface area contributed by atoms with E-state index in [9.17, 15) is 5.11 Å². The Kier molecular flexibility index (Phi) is 4.87. The van der Waals surface area contributed by atoms with Gasteiger partial charge in [0.2, 0.25) is 0 Å². The van der Waals surface area contributed by atoms with Gasteiger partial charge in [0.15, 0.2) is 0 Å². The number of aliphatic hydroxyl groups excluding tert-OH is 1. The Morgan fingerprint density at radius 1 is 1.32 bits per heavy atom. The number of aryl methyl sites for hydroxylation is 1. The van der Waals surface area contributed by atoms with Crippen molar-refractivity contribution in [2.45, 2.75) is 52.1 Å². The molecule has 1 aromatic rings. The van der Waals surface area contributed by atoms with E-state index in [-0.39, 0.29) is 6.10 Å². The summed E-state index contributed by atoms with van der Waals surface area (Å²) in [6.45, 7) is 4.27. The van der Waals surface area contributed by atoms with E-state index in [0.29, 0.717) is 11.8 Å². The van der Waals surface area contributed by atoms with E-state index in [0.717, 1.165) is 23.3 Å². The molecule has 2 nitrogen and oxygen atoms in total. The second-order valence-electron chi connectivity index (χ2n) is 5.79. The molecule has 0 spiro atoms. The van der Waals surface area contributed by atoms with E-state index in [2.05, 4.69) is 6.92 Å². The fourth-order valence-electron chi connectivity index (χ4n) is 3.43. The van der Waals surface area contributed by atoms with Gasteiger partial charge in [0.25, 0.3) is 0 Å². The first-order chi connectivity index (χ1) is 9.17. The summed E-state index contributed by atoms with van der Waals surface area (Å²) in [6.07, 6.45) is 5.81. The van der Waals surface area contributed by atoms with Crippen LogP contribution in [-0.4, -0.2) is 12.2 Å². The van der Waals surface area contributed by atoms with Crippen LogP contribution in [0.5, 0.6) is 5.75 Å². The summed E-state index contributed by atoms with van der Waals surface area (Å²) in [6, 6.07) is 6.09. The number of hydrogen-bond donors (Lipinski definition) is 1. The molecule has 0 heterocycles.